The van der Waals surface area contributed by atoms with E-state index in [1.807, 2.05) is 0 Å². The lowest BCUT2D eigenvalue weighted by molar-refractivity contribution is -0.389. The van der Waals surface area contributed by atoms with Gasteiger partial charge in [-0.25, -0.2) is 4.98 Å². The lowest BCUT2D eigenvalue weighted by Gasteiger charge is -2.11. The molecule has 1 aromatic heterocycles. The van der Waals surface area contributed by atoms with Gasteiger partial charge in [0.1, 0.15) is 6.20 Å². The van der Waals surface area contributed by atoms with Crippen LogP contribution in [0.3, 0.4) is 0 Å². The number of hydrogen-bond donors (Lipinski definition) is 1. The van der Waals surface area contributed by atoms with Crippen LogP contribution in [0.25, 0.3) is 0 Å². The fourth-order valence-corrected chi connectivity index (χ4v) is 0.954. The highest BCUT2D eigenvalue weighted by molar-refractivity contribution is 5.58. The molecule has 0 atom stereocenters. The highest BCUT2D eigenvalue weighted by Crippen LogP contribution is 2.43. The number of pyridine rings is 1. The van der Waals surface area contributed by atoms with E-state index in [0.29, 0.717) is 6.20 Å². The second-order valence-electron chi connectivity index (χ2n) is 2.64. The summed E-state index contributed by atoms with van der Waals surface area (Å²) < 4.78 is 43.7. The molecule has 0 unspecified atom stereocenters. The van der Waals surface area contributed by atoms with Gasteiger partial charge < -0.3 is 14.6 Å². The van der Waals surface area contributed by atoms with Gasteiger partial charge >= 0.3 is 12.0 Å². The van der Waals surface area contributed by atoms with Crippen LogP contribution in [0.4, 0.5) is 18.9 Å². The second-order valence-corrected chi connectivity index (χ2v) is 2.64. The number of hydrogen-bond acceptors (Lipinski definition) is 6. The van der Waals surface area contributed by atoms with Crippen LogP contribution in [-0.4, -0.2) is 28.5 Å². The monoisotopic (exact) mass is 254 g/mol. The maximum atomic E-state index is 12.0. The Balaban J connectivity index is 3.35. The van der Waals surface area contributed by atoms with Crippen LogP contribution in [0.15, 0.2) is 6.20 Å². The summed E-state index contributed by atoms with van der Waals surface area (Å²) in [6.07, 6.45) is -4.70. The SMILES string of the molecule is COc1ncc([N+](=O)[O-])c(OC(F)(F)F)c1O. The summed E-state index contributed by atoms with van der Waals surface area (Å²) in [5, 5.41) is 19.7. The molecule has 94 valence electrons. The third-order valence-electron chi connectivity index (χ3n) is 1.56. The number of nitro groups is 1. The van der Waals surface area contributed by atoms with E-state index in [1.54, 1.807) is 0 Å². The number of nitrogens with zero attached hydrogens (tertiary/aromatic N) is 2. The Hall–Kier alpha value is -2.26. The number of alkyl halides is 3. The lowest BCUT2D eigenvalue weighted by Crippen LogP contribution is -2.18. The van der Waals surface area contributed by atoms with E-state index in [-0.39, 0.29) is 0 Å². The molecule has 10 heteroatoms. The van der Waals surface area contributed by atoms with Gasteiger partial charge in [0.2, 0.25) is 5.75 Å². The van der Waals surface area contributed by atoms with Gasteiger partial charge in [-0.2, -0.15) is 0 Å². The first-order valence-corrected chi connectivity index (χ1v) is 3.92. The van der Waals surface area contributed by atoms with E-state index in [0.717, 1.165) is 7.11 Å². The van der Waals surface area contributed by atoms with Crippen molar-refractivity contribution in [1.82, 2.24) is 4.98 Å². The highest BCUT2D eigenvalue weighted by atomic mass is 19.4. The molecular formula is C7H5F3N2O5. The minimum absolute atomic E-state index is 0.486. The number of aromatic hydroxyl groups is 1. The normalized spacial score (nSPS) is 11.1. The van der Waals surface area contributed by atoms with E-state index in [4.69, 9.17) is 0 Å². The van der Waals surface area contributed by atoms with Gasteiger partial charge in [-0.1, -0.05) is 0 Å². The topological polar surface area (TPSA) is 94.7 Å². The fraction of sp³-hybridized carbons (Fsp3) is 0.286. The van der Waals surface area contributed by atoms with Crippen LogP contribution in [-0.2, 0) is 0 Å². The third kappa shape index (κ3) is 2.86. The first-order valence-electron chi connectivity index (χ1n) is 3.92. The Kier molecular flexibility index (Phi) is 3.25. The smallest absolute Gasteiger partial charge is 0.500 e. The van der Waals surface area contributed by atoms with Crippen molar-refractivity contribution in [3.05, 3.63) is 16.3 Å². The zero-order valence-electron chi connectivity index (χ0n) is 8.19. The van der Waals surface area contributed by atoms with Gasteiger partial charge in [0.25, 0.3) is 11.6 Å². The van der Waals surface area contributed by atoms with Gasteiger partial charge in [0.05, 0.1) is 12.0 Å². The number of methoxy groups -OCH3 is 1. The maximum Gasteiger partial charge on any atom is 0.573 e. The predicted molar refractivity (Wildman–Crippen MR) is 45.8 cm³/mol. The quantitative estimate of drug-likeness (QED) is 0.650. The van der Waals surface area contributed by atoms with Crippen molar-refractivity contribution < 1.29 is 32.7 Å². The van der Waals surface area contributed by atoms with Crippen molar-refractivity contribution in [2.75, 3.05) is 7.11 Å². The largest absolute Gasteiger partial charge is 0.573 e. The van der Waals surface area contributed by atoms with Crippen LogP contribution in [0, 0.1) is 10.1 Å². The summed E-state index contributed by atoms with van der Waals surface area (Å²) in [5.41, 5.74) is -1.12. The summed E-state index contributed by atoms with van der Waals surface area (Å²) in [6, 6.07) is 0. The van der Waals surface area contributed by atoms with Crippen molar-refractivity contribution >= 4 is 5.69 Å². The third-order valence-corrected chi connectivity index (χ3v) is 1.56. The molecule has 0 amide bonds. The van der Waals surface area contributed by atoms with Gasteiger partial charge in [-0.15, -0.1) is 13.2 Å². The summed E-state index contributed by atoms with van der Waals surface area (Å²) in [4.78, 5) is 12.5. The first kappa shape index (κ1) is 12.8. The lowest BCUT2D eigenvalue weighted by atomic mass is 10.3. The Bertz CT molecular complexity index is 448. The van der Waals surface area contributed by atoms with Crippen molar-refractivity contribution in [3.63, 3.8) is 0 Å². The molecular weight excluding hydrogens is 249 g/mol. The van der Waals surface area contributed by atoms with Gasteiger partial charge in [-0.05, 0) is 0 Å². The molecule has 0 aliphatic carbocycles. The zero-order valence-corrected chi connectivity index (χ0v) is 8.19. The molecule has 1 heterocycles. The molecule has 0 fully saturated rings. The molecule has 0 aliphatic heterocycles. The predicted octanol–water partition coefficient (Wildman–Crippen LogP) is 1.60. The number of ether oxygens (including phenoxy) is 2. The van der Waals surface area contributed by atoms with Gasteiger partial charge in [0.15, 0.2) is 0 Å². The number of halogens is 3. The molecule has 1 N–H and O–H groups in total. The van der Waals surface area contributed by atoms with Crippen molar-refractivity contribution in [2.24, 2.45) is 0 Å². The van der Waals surface area contributed by atoms with Crippen LogP contribution < -0.4 is 9.47 Å². The average Bonchev–Trinajstić information content (AvgIpc) is 2.18. The van der Waals surface area contributed by atoms with Crippen molar-refractivity contribution in [3.8, 4) is 17.4 Å². The Morgan fingerprint density at radius 3 is 2.53 bits per heavy atom. The maximum absolute atomic E-state index is 12.0. The summed E-state index contributed by atoms with van der Waals surface area (Å²) >= 11 is 0. The molecule has 0 aliphatic rings. The minimum atomic E-state index is -5.19. The van der Waals surface area contributed by atoms with Crippen LogP contribution in [0.2, 0.25) is 0 Å². The first-order chi connectivity index (χ1) is 7.76. The molecule has 0 radical (unpaired) electrons. The van der Waals surface area contributed by atoms with Crippen molar-refractivity contribution in [1.29, 1.82) is 0 Å². The molecule has 0 aromatic carbocycles. The van der Waals surface area contributed by atoms with Gasteiger partial charge in [-0.3, -0.25) is 10.1 Å². The van der Waals surface area contributed by atoms with E-state index in [1.165, 1.54) is 0 Å². The molecule has 0 saturated carbocycles. The Labute approximate surface area is 91.6 Å². The standard InChI is InChI=1S/C7H5F3N2O5/c1-16-6-4(13)5(17-7(8,9)10)3(2-11-6)12(14)15/h2,13H,1H3. The fourth-order valence-electron chi connectivity index (χ4n) is 0.954. The van der Waals surface area contributed by atoms with E-state index in [9.17, 15) is 28.4 Å². The Morgan fingerprint density at radius 2 is 2.12 bits per heavy atom. The summed E-state index contributed by atoms with van der Waals surface area (Å²) in [6.45, 7) is 0. The van der Waals surface area contributed by atoms with Crippen LogP contribution in [0.5, 0.6) is 17.4 Å². The van der Waals surface area contributed by atoms with E-state index in [2.05, 4.69) is 14.5 Å². The number of aromatic nitrogens is 1. The summed E-state index contributed by atoms with van der Waals surface area (Å²) in [7, 11) is 1.02. The van der Waals surface area contributed by atoms with Gasteiger partial charge in [0, 0.05) is 0 Å². The average molecular weight is 254 g/mol. The molecule has 17 heavy (non-hydrogen) atoms. The number of rotatable bonds is 3. The molecule has 0 saturated heterocycles. The Morgan fingerprint density at radius 1 is 1.53 bits per heavy atom. The second kappa shape index (κ2) is 4.31. The van der Waals surface area contributed by atoms with E-state index < -0.39 is 34.4 Å². The molecule has 1 rings (SSSR count). The van der Waals surface area contributed by atoms with Crippen molar-refractivity contribution in [2.45, 2.75) is 6.36 Å². The van der Waals surface area contributed by atoms with Crippen LogP contribution >= 0.6 is 0 Å². The van der Waals surface area contributed by atoms with Crippen LogP contribution in [0.1, 0.15) is 0 Å². The summed E-state index contributed by atoms with van der Waals surface area (Å²) in [5.74, 6) is -3.18. The minimum Gasteiger partial charge on any atom is -0.500 e. The highest BCUT2D eigenvalue weighted by Gasteiger charge is 2.37. The molecule has 0 spiro atoms. The van der Waals surface area contributed by atoms with E-state index >= 15 is 0 Å². The zero-order chi connectivity index (χ0) is 13.2. The molecule has 7 nitrogen and oxygen atoms in total. The molecule has 0 bridgehead atoms. The molecule has 1 aromatic rings.